The lowest BCUT2D eigenvalue weighted by Crippen LogP contribution is -2.38. The van der Waals surface area contributed by atoms with Crippen LogP contribution in [0.4, 0.5) is 0 Å². The van der Waals surface area contributed by atoms with E-state index in [1.165, 1.54) is 25.7 Å². The van der Waals surface area contributed by atoms with Crippen LogP contribution in [0.5, 0.6) is 0 Å². The Morgan fingerprint density at radius 2 is 2.20 bits per heavy atom. The van der Waals surface area contributed by atoms with Crippen molar-refractivity contribution in [3.63, 3.8) is 0 Å². The van der Waals surface area contributed by atoms with Gasteiger partial charge in [0.05, 0.1) is 0 Å². The van der Waals surface area contributed by atoms with E-state index in [2.05, 4.69) is 10.6 Å². The fourth-order valence-electron chi connectivity index (χ4n) is 3.13. The van der Waals surface area contributed by atoms with Crippen molar-refractivity contribution in [3.8, 4) is 0 Å². The molecule has 2 fully saturated rings. The van der Waals surface area contributed by atoms with E-state index < -0.39 is 0 Å². The van der Waals surface area contributed by atoms with Gasteiger partial charge < -0.3 is 10.6 Å². The second-order valence-corrected chi connectivity index (χ2v) is 5.06. The molecule has 2 N–H and O–H groups in total. The molecule has 2 bridgehead atoms. The van der Waals surface area contributed by atoms with Crippen molar-refractivity contribution in [2.45, 2.75) is 44.6 Å². The van der Waals surface area contributed by atoms with Crippen LogP contribution in [-0.2, 0) is 4.79 Å². The zero-order valence-corrected chi connectivity index (χ0v) is 9.59. The Morgan fingerprint density at radius 1 is 1.33 bits per heavy atom. The summed E-state index contributed by atoms with van der Waals surface area (Å²) in [6.45, 7) is 0.935. The Labute approximate surface area is 92.0 Å². The highest BCUT2D eigenvalue weighted by molar-refractivity contribution is 5.76. The zero-order valence-electron chi connectivity index (χ0n) is 9.59. The van der Waals surface area contributed by atoms with E-state index in [0.717, 1.165) is 24.8 Å². The van der Waals surface area contributed by atoms with Crippen molar-refractivity contribution in [3.05, 3.63) is 0 Å². The topological polar surface area (TPSA) is 41.1 Å². The summed E-state index contributed by atoms with van der Waals surface area (Å²) in [7, 11) is 1.92. The predicted octanol–water partition coefficient (Wildman–Crippen LogP) is 1.29. The first kappa shape index (κ1) is 10.9. The van der Waals surface area contributed by atoms with Crippen LogP contribution in [0.1, 0.15) is 38.5 Å². The van der Waals surface area contributed by atoms with Gasteiger partial charge in [-0.3, -0.25) is 4.79 Å². The third-order valence-electron chi connectivity index (χ3n) is 3.92. The molecule has 3 nitrogen and oxygen atoms in total. The van der Waals surface area contributed by atoms with E-state index in [1.54, 1.807) is 0 Å². The first-order valence-electron chi connectivity index (χ1n) is 6.23. The molecule has 0 spiro atoms. The molecule has 86 valence electrons. The molecule has 3 heteroatoms. The summed E-state index contributed by atoms with van der Waals surface area (Å²) < 4.78 is 0. The summed E-state index contributed by atoms with van der Waals surface area (Å²) in [4.78, 5) is 11.6. The van der Waals surface area contributed by atoms with Crippen molar-refractivity contribution in [1.82, 2.24) is 10.6 Å². The smallest absolute Gasteiger partial charge is 0.220 e. The fourth-order valence-corrected chi connectivity index (χ4v) is 3.13. The summed E-state index contributed by atoms with van der Waals surface area (Å²) in [6.07, 6.45) is 6.96. The van der Waals surface area contributed by atoms with Crippen LogP contribution in [0, 0.1) is 11.8 Å². The van der Waals surface area contributed by atoms with Crippen LogP contribution in [0.3, 0.4) is 0 Å². The fraction of sp³-hybridized carbons (Fsp3) is 0.917. The highest BCUT2D eigenvalue weighted by Crippen LogP contribution is 2.44. The van der Waals surface area contributed by atoms with Crippen molar-refractivity contribution in [2.24, 2.45) is 11.8 Å². The van der Waals surface area contributed by atoms with Gasteiger partial charge in [-0.1, -0.05) is 6.42 Å². The lowest BCUT2D eigenvalue weighted by molar-refractivity contribution is -0.122. The summed E-state index contributed by atoms with van der Waals surface area (Å²) in [5, 5.41) is 6.27. The molecule has 1 amide bonds. The largest absolute Gasteiger partial charge is 0.353 e. The Kier molecular flexibility index (Phi) is 3.62. The minimum Gasteiger partial charge on any atom is -0.353 e. The van der Waals surface area contributed by atoms with Crippen LogP contribution in [-0.4, -0.2) is 25.5 Å². The maximum absolute atomic E-state index is 11.6. The molecule has 2 rings (SSSR count). The molecule has 0 aromatic carbocycles. The number of carbonyl (C=O) groups is 1. The van der Waals surface area contributed by atoms with Gasteiger partial charge in [-0.25, -0.2) is 0 Å². The predicted molar refractivity (Wildman–Crippen MR) is 60.5 cm³/mol. The van der Waals surface area contributed by atoms with E-state index >= 15 is 0 Å². The first-order chi connectivity index (χ1) is 7.29. The summed E-state index contributed by atoms with van der Waals surface area (Å²) in [6, 6.07) is 0.505. The maximum Gasteiger partial charge on any atom is 0.220 e. The second kappa shape index (κ2) is 4.97. The average Bonchev–Trinajstić information content (AvgIpc) is 2.79. The van der Waals surface area contributed by atoms with Gasteiger partial charge in [-0.15, -0.1) is 0 Å². The highest BCUT2D eigenvalue weighted by Gasteiger charge is 2.39. The van der Waals surface area contributed by atoms with Gasteiger partial charge in [0.15, 0.2) is 0 Å². The third kappa shape index (κ3) is 2.71. The highest BCUT2D eigenvalue weighted by atomic mass is 16.1. The minimum absolute atomic E-state index is 0.253. The van der Waals surface area contributed by atoms with E-state index in [-0.39, 0.29) is 5.91 Å². The van der Waals surface area contributed by atoms with Gasteiger partial charge in [-0.2, -0.15) is 0 Å². The Morgan fingerprint density at radius 3 is 2.80 bits per heavy atom. The van der Waals surface area contributed by atoms with Gasteiger partial charge in [0.1, 0.15) is 0 Å². The molecule has 0 saturated heterocycles. The Hall–Kier alpha value is -0.570. The van der Waals surface area contributed by atoms with Gasteiger partial charge in [0.2, 0.25) is 5.91 Å². The number of rotatable bonds is 5. The van der Waals surface area contributed by atoms with Crippen molar-refractivity contribution < 1.29 is 4.79 Å². The Balaban J connectivity index is 1.66. The number of amides is 1. The number of carbonyl (C=O) groups excluding carboxylic acids is 1. The average molecular weight is 210 g/mol. The summed E-state index contributed by atoms with van der Waals surface area (Å²) in [5.41, 5.74) is 0. The summed E-state index contributed by atoms with van der Waals surface area (Å²) in [5.74, 6) is 1.96. The molecule has 0 aromatic heterocycles. The van der Waals surface area contributed by atoms with Crippen LogP contribution >= 0.6 is 0 Å². The molecule has 0 aliphatic heterocycles. The molecular formula is C12H22N2O. The second-order valence-electron chi connectivity index (χ2n) is 5.06. The van der Waals surface area contributed by atoms with Gasteiger partial charge in [0.25, 0.3) is 0 Å². The van der Waals surface area contributed by atoms with E-state index in [0.29, 0.717) is 12.5 Å². The summed E-state index contributed by atoms with van der Waals surface area (Å²) >= 11 is 0. The standard InChI is InChI=1S/C12H22N2O/c1-13-6-2-3-12(15)14-11-8-9-4-5-10(11)7-9/h9-11,13H,2-8H2,1H3,(H,14,15). The molecule has 2 saturated carbocycles. The molecule has 2 aliphatic carbocycles. The number of hydrogen-bond acceptors (Lipinski definition) is 2. The van der Waals surface area contributed by atoms with Crippen LogP contribution in [0.25, 0.3) is 0 Å². The van der Waals surface area contributed by atoms with E-state index in [9.17, 15) is 4.79 Å². The van der Waals surface area contributed by atoms with Crippen LogP contribution < -0.4 is 10.6 Å². The van der Waals surface area contributed by atoms with Crippen LogP contribution in [0.15, 0.2) is 0 Å². The van der Waals surface area contributed by atoms with Crippen LogP contribution in [0.2, 0.25) is 0 Å². The van der Waals surface area contributed by atoms with Gasteiger partial charge >= 0.3 is 0 Å². The van der Waals surface area contributed by atoms with E-state index in [1.807, 2.05) is 7.05 Å². The van der Waals surface area contributed by atoms with Crippen molar-refractivity contribution in [1.29, 1.82) is 0 Å². The maximum atomic E-state index is 11.6. The van der Waals surface area contributed by atoms with Gasteiger partial charge in [-0.05, 0) is 51.1 Å². The normalized spacial score (nSPS) is 33.3. The number of fused-ring (bicyclic) bond motifs is 2. The molecule has 0 heterocycles. The monoisotopic (exact) mass is 210 g/mol. The third-order valence-corrected chi connectivity index (χ3v) is 3.92. The SMILES string of the molecule is CNCCCC(=O)NC1CC2CCC1C2. The lowest BCUT2D eigenvalue weighted by atomic mass is 9.95. The molecule has 15 heavy (non-hydrogen) atoms. The van der Waals surface area contributed by atoms with Crippen molar-refractivity contribution in [2.75, 3.05) is 13.6 Å². The molecule has 0 radical (unpaired) electrons. The molecule has 3 unspecified atom stereocenters. The molecule has 2 aliphatic rings. The number of hydrogen-bond donors (Lipinski definition) is 2. The van der Waals surface area contributed by atoms with Crippen molar-refractivity contribution >= 4 is 5.91 Å². The molecule has 3 atom stereocenters. The lowest BCUT2D eigenvalue weighted by Gasteiger charge is -2.22. The minimum atomic E-state index is 0.253. The zero-order chi connectivity index (χ0) is 10.7. The number of nitrogens with one attached hydrogen (secondary N) is 2. The van der Waals surface area contributed by atoms with Gasteiger partial charge in [0, 0.05) is 12.5 Å². The molecule has 0 aromatic rings. The molecular weight excluding hydrogens is 188 g/mol. The first-order valence-corrected chi connectivity index (χ1v) is 6.23. The quantitative estimate of drug-likeness (QED) is 0.671. The Bertz CT molecular complexity index is 230. The van der Waals surface area contributed by atoms with E-state index in [4.69, 9.17) is 0 Å².